The number of carbonyl (C=O) groups is 1. The van der Waals surface area contributed by atoms with Crippen molar-refractivity contribution in [3.8, 4) is 0 Å². The zero-order valence-corrected chi connectivity index (χ0v) is 10.4. The maximum Gasteiger partial charge on any atom is 0.246 e. The van der Waals surface area contributed by atoms with Crippen molar-refractivity contribution in [2.45, 2.75) is 13.3 Å². The Hall–Kier alpha value is -1.88. The first-order chi connectivity index (χ1) is 8.79. The van der Waals surface area contributed by atoms with Crippen LogP contribution in [-0.2, 0) is 16.0 Å². The summed E-state index contributed by atoms with van der Waals surface area (Å²) in [6, 6.07) is 7.87. The molecule has 0 aliphatic carbocycles. The lowest BCUT2D eigenvalue weighted by Crippen LogP contribution is -2.29. The molecular formula is C13H17N3O2. The largest absolute Gasteiger partial charge is 0.372 e. The highest BCUT2D eigenvalue weighted by Gasteiger charge is 2.03. The molecular weight excluding hydrogens is 230 g/mol. The minimum Gasteiger partial charge on any atom is -0.372 e. The Morgan fingerprint density at radius 3 is 3.06 bits per heavy atom. The quantitative estimate of drug-likeness (QED) is 0.807. The molecule has 18 heavy (non-hydrogen) atoms. The third kappa shape index (κ3) is 3.30. The summed E-state index contributed by atoms with van der Waals surface area (Å²) in [4.78, 5) is 19.0. The van der Waals surface area contributed by atoms with Gasteiger partial charge in [0.15, 0.2) is 0 Å². The van der Waals surface area contributed by atoms with Gasteiger partial charge in [0, 0.05) is 19.6 Å². The molecule has 0 saturated carbocycles. The predicted octanol–water partition coefficient (Wildman–Crippen LogP) is 1.26. The van der Waals surface area contributed by atoms with Crippen LogP contribution in [0.3, 0.4) is 0 Å². The number of nitrogens with one attached hydrogen (secondary N) is 2. The van der Waals surface area contributed by atoms with Gasteiger partial charge in [0.25, 0.3) is 0 Å². The molecule has 1 aromatic carbocycles. The molecule has 0 unspecified atom stereocenters. The van der Waals surface area contributed by atoms with Gasteiger partial charge in [-0.25, -0.2) is 4.98 Å². The minimum absolute atomic E-state index is 0.0899. The van der Waals surface area contributed by atoms with E-state index in [2.05, 4.69) is 15.3 Å². The Kier molecular flexibility index (Phi) is 4.30. The lowest BCUT2D eigenvalue weighted by molar-refractivity contribution is -0.125. The number of aromatic amines is 1. The lowest BCUT2D eigenvalue weighted by atomic mass is 10.3. The molecule has 0 atom stereocenters. The van der Waals surface area contributed by atoms with Crippen LogP contribution in [-0.4, -0.2) is 35.6 Å². The summed E-state index contributed by atoms with van der Waals surface area (Å²) in [6.07, 6.45) is 0.687. The van der Waals surface area contributed by atoms with Crippen LogP contribution in [0.2, 0.25) is 0 Å². The number of hydrogen-bond donors (Lipinski definition) is 2. The van der Waals surface area contributed by atoms with Crippen molar-refractivity contribution in [3.63, 3.8) is 0 Å². The van der Waals surface area contributed by atoms with Gasteiger partial charge in [0.05, 0.1) is 11.0 Å². The highest BCUT2D eigenvalue weighted by atomic mass is 16.5. The van der Waals surface area contributed by atoms with Crippen LogP contribution in [0.1, 0.15) is 12.7 Å². The highest BCUT2D eigenvalue weighted by molar-refractivity contribution is 5.77. The van der Waals surface area contributed by atoms with E-state index < -0.39 is 0 Å². The summed E-state index contributed by atoms with van der Waals surface area (Å²) >= 11 is 0. The van der Waals surface area contributed by atoms with E-state index in [1.165, 1.54) is 0 Å². The van der Waals surface area contributed by atoms with Crippen molar-refractivity contribution in [3.05, 3.63) is 30.1 Å². The standard InChI is InChI=1S/C13H17N3O2/c1-2-18-9-13(17)14-8-7-12-15-10-5-3-4-6-11(10)16-12/h3-6H,2,7-9H2,1H3,(H,14,17)(H,15,16). The van der Waals surface area contributed by atoms with Crippen molar-refractivity contribution in [1.29, 1.82) is 0 Å². The summed E-state index contributed by atoms with van der Waals surface area (Å²) in [7, 11) is 0. The van der Waals surface area contributed by atoms with E-state index >= 15 is 0 Å². The van der Waals surface area contributed by atoms with E-state index in [0.29, 0.717) is 19.6 Å². The number of carbonyl (C=O) groups excluding carboxylic acids is 1. The number of fused-ring (bicyclic) bond motifs is 1. The van der Waals surface area contributed by atoms with Crippen LogP contribution in [0, 0.1) is 0 Å². The first kappa shape index (κ1) is 12.6. The summed E-state index contributed by atoms with van der Waals surface area (Å²) in [5, 5.41) is 2.79. The van der Waals surface area contributed by atoms with Gasteiger partial charge < -0.3 is 15.0 Å². The molecule has 1 heterocycles. The number of para-hydroxylation sites is 2. The third-order valence-electron chi connectivity index (χ3n) is 2.56. The molecule has 0 aliphatic heterocycles. The number of benzene rings is 1. The predicted molar refractivity (Wildman–Crippen MR) is 69.3 cm³/mol. The van der Waals surface area contributed by atoms with Gasteiger partial charge in [-0.1, -0.05) is 12.1 Å². The fourth-order valence-electron chi connectivity index (χ4n) is 1.69. The summed E-state index contributed by atoms with van der Waals surface area (Å²) < 4.78 is 5.01. The molecule has 2 N–H and O–H groups in total. The molecule has 5 heteroatoms. The highest BCUT2D eigenvalue weighted by Crippen LogP contribution is 2.10. The smallest absolute Gasteiger partial charge is 0.246 e. The number of ether oxygens (including phenoxy) is 1. The second-order valence-electron chi connectivity index (χ2n) is 3.94. The van der Waals surface area contributed by atoms with Gasteiger partial charge in [0.2, 0.25) is 5.91 Å². The molecule has 0 spiro atoms. The van der Waals surface area contributed by atoms with Gasteiger partial charge in [-0.2, -0.15) is 0 Å². The van der Waals surface area contributed by atoms with Gasteiger partial charge >= 0.3 is 0 Å². The van der Waals surface area contributed by atoms with Crippen LogP contribution in [0.5, 0.6) is 0 Å². The SMILES string of the molecule is CCOCC(=O)NCCc1nc2ccccc2[nH]1. The molecule has 0 fully saturated rings. The Morgan fingerprint density at radius 2 is 2.28 bits per heavy atom. The summed E-state index contributed by atoms with van der Waals surface area (Å²) in [6.45, 7) is 3.10. The molecule has 2 aromatic rings. The van der Waals surface area contributed by atoms with Crippen molar-refractivity contribution in [1.82, 2.24) is 15.3 Å². The van der Waals surface area contributed by atoms with Gasteiger partial charge in [-0.05, 0) is 19.1 Å². The lowest BCUT2D eigenvalue weighted by Gasteiger charge is -2.03. The number of hydrogen-bond acceptors (Lipinski definition) is 3. The Labute approximate surface area is 106 Å². The molecule has 5 nitrogen and oxygen atoms in total. The van der Waals surface area contributed by atoms with E-state index in [4.69, 9.17) is 4.74 Å². The topological polar surface area (TPSA) is 67.0 Å². The molecule has 0 radical (unpaired) electrons. The van der Waals surface area contributed by atoms with E-state index in [9.17, 15) is 4.79 Å². The molecule has 96 valence electrons. The number of rotatable bonds is 6. The number of imidazole rings is 1. The zero-order valence-electron chi connectivity index (χ0n) is 10.4. The minimum atomic E-state index is -0.0899. The van der Waals surface area contributed by atoms with Crippen molar-refractivity contribution in [2.75, 3.05) is 19.8 Å². The molecule has 0 aliphatic rings. The average Bonchev–Trinajstić information content (AvgIpc) is 2.79. The second kappa shape index (κ2) is 6.16. The van der Waals surface area contributed by atoms with E-state index in [1.54, 1.807) is 0 Å². The fraction of sp³-hybridized carbons (Fsp3) is 0.385. The van der Waals surface area contributed by atoms with Crippen LogP contribution >= 0.6 is 0 Å². The van der Waals surface area contributed by atoms with Crippen LogP contribution in [0.4, 0.5) is 0 Å². The normalized spacial score (nSPS) is 10.7. The van der Waals surface area contributed by atoms with Crippen molar-refractivity contribution < 1.29 is 9.53 Å². The molecule has 0 bridgehead atoms. The monoisotopic (exact) mass is 247 g/mol. The fourth-order valence-corrected chi connectivity index (χ4v) is 1.69. The van der Waals surface area contributed by atoms with E-state index in [-0.39, 0.29) is 12.5 Å². The van der Waals surface area contributed by atoms with Gasteiger partial charge in [-0.3, -0.25) is 4.79 Å². The van der Waals surface area contributed by atoms with Gasteiger partial charge in [-0.15, -0.1) is 0 Å². The molecule has 0 saturated heterocycles. The van der Waals surface area contributed by atoms with E-state index in [0.717, 1.165) is 16.9 Å². The number of amides is 1. The second-order valence-corrected chi connectivity index (χ2v) is 3.94. The summed E-state index contributed by atoms with van der Waals surface area (Å²) in [5.41, 5.74) is 1.97. The van der Waals surface area contributed by atoms with Crippen molar-refractivity contribution >= 4 is 16.9 Å². The number of nitrogens with zero attached hydrogens (tertiary/aromatic N) is 1. The van der Waals surface area contributed by atoms with Gasteiger partial charge in [0.1, 0.15) is 12.4 Å². The molecule has 1 aromatic heterocycles. The Bertz CT molecular complexity index is 489. The Morgan fingerprint density at radius 1 is 1.44 bits per heavy atom. The van der Waals surface area contributed by atoms with Crippen LogP contribution in [0.15, 0.2) is 24.3 Å². The van der Waals surface area contributed by atoms with E-state index in [1.807, 2.05) is 31.2 Å². The van der Waals surface area contributed by atoms with Crippen LogP contribution < -0.4 is 5.32 Å². The van der Waals surface area contributed by atoms with Crippen LogP contribution in [0.25, 0.3) is 11.0 Å². The third-order valence-corrected chi connectivity index (χ3v) is 2.56. The Balaban J connectivity index is 1.81. The first-order valence-corrected chi connectivity index (χ1v) is 6.07. The first-order valence-electron chi connectivity index (χ1n) is 6.07. The maximum atomic E-state index is 11.3. The summed E-state index contributed by atoms with van der Waals surface area (Å²) in [5.74, 6) is 0.792. The zero-order chi connectivity index (χ0) is 12.8. The molecule has 1 amide bonds. The molecule has 2 rings (SSSR count). The maximum absolute atomic E-state index is 11.3. The average molecular weight is 247 g/mol. The van der Waals surface area contributed by atoms with Crippen molar-refractivity contribution in [2.24, 2.45) is 0 Å². The number of H-pyrrole nitrogens is 1. The number of aromatic nitrogens is 2.